The maximum atomic E-state index is 12.6. The number of aryl methyl sites for hydroxylation is 4. The molecule has 2 aliphatic rings. The highest BCUT2D eigenvalue weighted by Crippen LogP contribution is 2.39. The minimum absolute atomic E-state index is 0.00147. The normalized spacial score (nSPS) is 18.2. The SMILES string of the molecule is C=CC(=O)OC(COC(=O)C1CSCCS1)COc1c(C)cc(C(C)(C)c2cc(C)c(OCC(COC(=O)C3CSCCS3)OC(=O)C=C)c(C)c2)cc1C. The fraction of sp³-hybridized carbons (Fsp3) is 0.512. The number of esters is 4. The second-order valence-corrected chi connectivity index (χ2v) is 18.7. The lowest BCUT2D eigenvalue weighted by Gasteiger charge is -2.30. The minimum Gasteiger partial charge on any atom is -0.489 e. The van der Waals surface area contributed by atoms with Gasteiger partial charge in [0.25, 0.3) is 0 Å². The summed E-state index contributed by atoms with van der Waals surface area (Å²) in [5.41, 5.74) is 5.33. The molecule has 4 atom stereocenters. The summed E-state index contributed by atoms with van der Waals surface area (Å²) in [5.74, 6) is 4.66. The summed E-state index contributed by atoms with van der Waals surface area (Å²) in [7, 11) is 0. The molecule has 2 aromatic carbocycles. The van der Waals surface area contributed by atoms with E-state index in [4.69, 9.17) is 28.4 Å². The van der Waals surface area contributed by atoms with Gasteiger partial charge in [0, 0.05) is 52.1 Å². The van der Waals surface area contributed by atoms with Crippen LogP contribution in [0.2, 0.25) is 0 Å². The third-order valence-corrected chi connectivity index (χ3v) is 14.5. The third kappa shape index (κ3) is 12.9. The molecular weight excluding hydrogens is 781 g/mol. The van der Waals surface area contributed by atoms with Crippen LogP contribution in [0.3, 0.4) is 0 Å². The zero-order valence-electron chi connectivity index (χ0n) is 32.5. The van der Waals surface area contributed by atoms with Crippen LogP contribution < -0.4 is 9.47 Å². The Kier molecular flexibility index (Phi) is 17.3. The second-order valence-electron chi connectivity index (χ2n) is 13.8. The van der Waals surface area contributed by atoms with Crippen molar-refractivity contribution in [1.29, 1.82) is 0 Å². The van der Waals surface area contributed by atoms with Crippen molar-refractivity contribution in [2.75, 3.05) is 60.9 Å². The van der Waals surface area contributed by atoms with E-state index in [1.165, 1.54) is 0 Å². The van der Waals surface area contributed by atoms with Crippen molar-refractivity contribution in [1.82, 2.24) is 0 Å². The fourth-order valence-electron chi connectivity index (χ4n) is 6.04. The molecule has 0 aliphatic carbocycles. The Morgan fingerprint density at radius 2 is 1.02 bits per heavy atom. The summed E-state index contributed by atoms with van der Waals surface area (Å²) in [4.78, 5) is 49.5. The van der Waals surface area contributed by atoms with E-state index in [0.29, 0.717) is 23.0 Å². The number of hydrogen-bond acceptors (Lipinski definition) is 14. The first-order valence-corrected chi connectivity index (χ1v) is 22.5. The van der Waals surface area contributed by atoms with Gasteiger partial charge in [-0.25, -0.2) is 9.59 Å². The number of carbonyl (C=O) groups excluding carboxylic acids is 4. The van der Waals surface area contributed by atoms with Crippen LogP contribution in [-0.4, -0.2) is 108 Å². The molecule has 0 aromatic heterocycles. The van der Waals surface area contributed by atoms with Crippen LogP contribution in [0.15, 0.2) is 49.6 Å². The van der Waals surface area contributed by atoms with Crippen LogP contribution in [0, 0.1) is 27.7 Å². The van der Waals surface area contributed by atoms with Gasteiger partial charge in [-0.1, -0.05) is 51.3 Å². The Hall–Kier alpha value is -3.20. The number of hydrogen-bond donors (Lipinski definition) is 0. The summed E-state index contributed by atoms with van der Waals surface area (Å²) in [6.07, 6.45) is 0.533. The maximum Gasteiger partial charge on any atom is 0.330 e. The van der Waals surface area contributed by atoms with Crippen molar-refractivity contribution in [3.05, 3.63) is 83.0 Å². The lowest BCUT2D eigenvalue weighted by molar-refractivity contribution is -0.156. The topological polar surface area (TPSA) is 124 Å². The molecule has 4 unspecified atom stereocenters. The Morgan fingerprint density at radius 3 is 1.33 bits per heavy atom. The summed E-state index contributed by atoms with van der Waals surface area (Å²) in [6, 6.07) is 8.35. The molecule has 2 aliphatic heterocycles. The largest absolute Gasteiger partial charge is 0.489 e. The summed E-state index contributed by atoms with van der Waals surface area (Å²) in [5, 5.41) is -0.471. The van der Waals surface area contributed by atoms with Crippen molar-refractivity contribution in [3.63, 3.8) is 0 Å². The van der Waals surface area contributed by atoms with Gasteiger partial charge in [0.2, 0.25) is 0 Å². The van der Waals surface area contributed by atoms with Crippen LogP contribution >= 0.6 is 47.0 Å². The lowest BCUT2D eigenvalue weighted by atomic mass is 9.76. The van der Waals surface area contributed by atoms with Crippen molar-refractivity contribution in [3.8, 4) is 11.5 Å². The van der Waals surface area contributed by atoms with E-state index in [9.17, 15) is 19.2 Å². The average molecular weight is 833 g/mol. The molecule has 14 heteroatoms. The average Bonchev–Trinajstić information content (AvgIpc) is 3.18. The number of rotatable bonds is 18. The molecule has 0 saturated carbocycles. The molecule has 2 saturated heterocycles. The highest BCUT2D eigenvalue weighted by molar-refractivity contribution is 8.07. The molecule has 0 bridgehead atoms. The maximum absolute atomic E-state index is 12.6. The van der Waals surface area contributed by atoms with Crippen molar-refractivity contribution in [2.45, 2.75) is 69.7 Å². The molecule has 2 fully saturated rings. The van der Waals surface area contributed by atoms with Gasteiger partial charge in [-0.15, -0.1) is 23.5 Å². The van der Waals surface area contributed by atoms with E-state index >= 15 is 0 Å². The Bertz CT molecular complexity index is 1530. The van der Waals surface area contributed by atoms with Gasteiger partial charge in [-0.2, -0.15) is 23.5 Å². The number of carbonyl (C=O) groups is 4. The first-order chi connectivity index (χ1) is 26.2. The molecule has 4 rings (SSSR count). The van der Waals surface area contributed by atoms with Gasteiger partial charge in [-0.3, -0.25) is 9.59 Å². The van der Waals surface area contributed by atoms with E-state index in [1.54, 1.807) is 47.0 Å². The van der Waals surface area contributed by atoms with Crippen molar-refractivity contribution < 1.29 is 47.6 Å². The first kappa shape index (κ1) is 44.5. The zero-order valence-corrected chi connectivity index (χ0v) is 35.7. The molecule has 0 N–H and O–H groups in total. The molecule has 2 aromatic rings. The van der Waals surface area contributed by atoms with Crippen LogP contribution in [-0.2, 0) is 43.5 Å². The van der Waals surface area contributed by atoms with E-state index in [2.05, 4.69) is 51.3 Å². The Labute approximate surface area is 342 Å². The molecular formula is C41H52O10S4. The predicted molar refractivity (Wildman–Crippen MR) is 224 cm³/mol. The fourth-order valence-corrected chi connectivity index (χ4v) is 11.1. The number of thioether (sulfide) groups is 4. The van der Waals surface area contributed by atoms with Gasteiger partial charge in [0.05, 0.1) is 0 Å². The van der Waals surface area contributed by atoms with Crippen molar-refractivity contribution >= 4 is 70.9 Å². The van der Waals surface area contributed by atoms with E-state index in [0.717, 1.165) is 68.5 Å². The molecule has 0 spiro atoms. The molecule has 0 amide bonds. The van der Waals surface area contributed by atoms with Crippen molar-refractivity contribution in [2.24, 2.45) is 0 Å². The molecule has 0 radical (unpaired) electrons. The molecule has 2 heterocycles. The van der Waals surface area contributed by atoms with Crippen LogP contribution in [0.25, 0.3) is 0 Å². The van der Waals surface area contributed by atoms with Crippen LogP contribution in [0.4, 0.5) is 0 Å². The zero-order chi connectivity index (χ0) is 40.1. The molecule has 10 nitrogen and oxygen atoms in total. The highest BCUT2D eigenvalue weighted by Gasteiger charge is 2.29. The summed E-state index contributed by atoms with van der Waals surface area (Å²) >= 11 is 6.61. The minimum atomic E-state index is -0.809. The summed E-state index contributed by atoms with van der Waals surface area (Å²) in [6.45, 7) is 18.9. The molecule has 55 heavy (non-hydrogen) atoms. The second kappa shape index (κ2) is 21.4. The van der Waals surface area contributed by atoms with Gasteiger partial charge >= 0.3 is 23.9 Å². The quantitative estimate of drug-likeness (QED) is 0.0872. The van der Waals surface area contributed by atoms with E-state index < -0.39 is 29.6 Å². The van der Waals surface area contributed by atoms with Crippen LogP contribution in [0.1, 0.15) is 47.2 Å². The van der Waals surface area contributed by atoms with Gasteiger partial charge in [0.1, 0.15) is 48.4 Å². The lowest BCUT2D eigenvalue weighted by Crippen LogP contribution is -2.34. The monoisotopic (exact) mass is 832 g/mol. The predicted octanol–water partition coefficient (Wildman–Crippen LogP) is 6.98. The van der Waals surface area contributed by atoms with E-state index in [1.807, 2.05) is 27.7 Å². The first-order valence-electron chi connectivity index (χ1n) is 18.1. The number of ether oxygens (including phenoxy) is 6. The number of benzene rings is 2. The third-order valence-electron chi connectivity index (χ3n) is 9.07. The van der Waals surface area contributed by atoms with Gasteiger partial charge < -0.3 is 28.4 Å². The smallest absolute Gasteiger partial charge is 0.330 e. The molecule has 300 valence electrons. The van der Waals surface area contributed by atoms with Crippen LogP contribution in [0.5, 0.6) is 11.5 Å². The van der Waals surface area contributed by atoms with Gasteiger partial charge in [-0.05, 0) is 61.1 Å². The standard InChI is InChI=1S/C41H52O10S4/c1-9-35(42)50-31(21-48-39(44)33-23-52-11-13-54-33)19-46-37-25(3)15-29(16-26(37)4)41(7,8)30-17-27(5)38(28(6)18-30)47-20-32(51-36(43)10-2)22-49-40(45)34-24-53-12-14-55-34/h9-10,15-18,31-34H,1-2,11-14,19-24H2,3-8H3. The summed E-state index contributed by atoms with van der Waals surface area (Å²) < 4.78 is 34.5. The van der Waals surface area contributed by atoms with E-state index in [-0.39, 0.29) is 48.9 Å². The Balaban J connectivity index is 1.43. The highest BCUT2D eigenvalue weighted by atomic mass is 32.2. The Morgan fingerprint density at radius 1 is 0.655 bits per heavy atom. The van der Waals surface area contributed by atoms with Gasteiger partial charge in [0.15, 0.2) is 12.2 Å².